The van der Waals surface area contributed by atoms with Crippen molar-refractivity contribution in [2.45, 2.75) is 70.5 Å². The first kappa shape index (κ1) is 21.1. The van der Waals surface area contributed by atoms with Crippen LogP contribution in [0.3, 0.4) is 0 Å². The third kappa shape index (κ3) is 4.09. The summed E-state index contributed by atoms with van der Waals surface area (Å²) in [5, 5.41) is 2.76. The predicted molar refractivity (Wildman–Crippen MR) is 109 cm³/mol. The number of hydrogen-bond acceptors (Lipinski definition) is 4. The number of carbonyl (C=O) groups excluding carboxylic acids is 3. The van der Waals surface area contributed by atoms with Crippen LogP contribution in [0.15, 0.2) is 24.3 Å². The normalized spacial score (nSPS) is 22.7. The second kappa shape index (κ2) is 8.43. The van der Waals surface area contributed by atoms with E-state index in [1.807, 2.05) is 18.7 Å². The van der Waals surface area contributed by atoms with E-state index in [2.05, 4.69) is 5.32 Å². The molecule has 3 rings (SSSR count). The SMILES string of the molecule is COc1ccc([C@]2(C)NC(=O)N(CC(=O)N(C(C)C)C3CCCCC3)C2=O)cc1. The van der Waals surface area contributed by atoms with Gasteiger partial charge in [-0.15, -0.1) is 0 Å². The van der Waals surface area contributed by atoms with Gasteiger partial charge >= 0.3 is 6.03 Å². The summed E-state index contributed by atoms with van der Waals surface area (Å²) in [6, 6.07) is 6.68. The topological polar surface area (TPSA) is 79.0 Å². The summed E-state index contributed by atoms with van der Waals surface area (Å²) >= 11 is 0. The molecule has 7 heteroatoms. The number of carbonyl (C=O) groups is 3. The van der Waals surface area contributed by atoms with E-state index in [1.165, 1.54) is 6.42 Å². The van der Waals surface area contributed by atoms with Crippen LogP contribution in [0.25, 0.3) is 0 Å². The Hall–Kier alpha value is -2.57. The molecular weight excluding hydrogens is 370 g/mol. The zero-order valence-corrected chi connectivity index (χ0v) is 17.7. The van der Waals surface area contributed by atoms with Crippen molar-refractivity contribution >= 4 is 17.8 Å². The molecule has 0 radical (unpaired) electrons. The smallest absolute Gasteiger partial charge is 0.325 e. The number of urea groups is 1. The summed E-state index contributed by atoms with van der Waals surface area (Å²) in [5.74, 6) is 0.0870. The third-order valence-corrected chi connectivity index (χ3v) is 6.05. The zero-order valence-electron chi connectivity index (χ0n) is 17.7. The summed E-state index contributed by atoms with van der Waals surface area (Å²) in [4.78, 5) is 41.7. The van der Waals surface area contributed by atoms with Gasteiger partial charge in [0, 0.05) is 12.1 Å². The molecule has 1 N–H and O–H groups in total. The van der Waals surface area contributed by atoms with Crippen LogP contribution < -0.4 is 10.1 Å². The summed E-state index contributed by atoms with van der Waals surface area (Å²) in [6.07, 6.45) is 5.38. The van der Waals surface area contributed by atoms with Gasteiger partial charge in [0.15, 0.2) is 0 Å². The largest absolute Gasteiger partial charge is 0.497 e. The molecule has 0 unspecified atom stereocenters. The molecule has 1 aromatic carbocycles. The molecule has 1 saturated heterocycles. The first-order chi connectivity index (χ1) is 13.8. The fourth-order valence-electron chi connectivity index (χ4n) is 4.45. The van der Waals surface area contributed by atoms with E-state index in [0.717, 1.165) is 30.6 Å². The average Bonchev–Trinajstić information content (AvgIpc) is 2.92. The lowest BCUT2D eigenvalue weighted by Crippen LogP contribution is -2.51. The fourth-order valence-corrected chi connectivity index (χ4v) is 4.45. The lowest BCUT2D eigenvalue weighted by atomic mass is 9.92. The molecule has 1 aliphatic heterocycles. The van der Waals surface area contributed by atoms with E-state index in [1.54, 1.807) is 38.3 Å². The van der Waals surface area contributed by atoms with Gasteiger partial charge in [0.25, 0.3) is 5.91 Å². The molecule has 7 nitrogen and oxygen atoms in total. The molecule has 2 aliphatic rings. The second-order valence-electron chi connectivity index (χ2n) is 8.36. The van der Waals surface area contributed by atoms with Gasteiger partial charge in [-0.2, -0.15) is 0 Å². The Morgan fingerprint density at radius 1 is 1.21 bits per heavy atom. The highest BCUT2D eigenvalue weighted by molar-refractivity contribution is 6.09. The van der Waals surface area contributed by atoms with Crippen LogP contribution >= 0.6 is 0 Å². The highest BCUT2D eigenvalue weighted by Gasteiger charge is 2.50. The molecule has 0 spiro atoms. The van der Waals surface area contributed by atoms with Crippen molar-refractivity contribution in [1.82, 2.24) is 15.1 Å². The first-order valence-corrected chi connectivity index (χ1v) is 10.4. The first-order valence-electron chi connectivity index (χ1n) is 10.4. The Labute approximate surface area is 172 Å². The summed E-state index contributed by atoms with van der Waals surface area (Å²) in [7, 11) is 1.57. The number of amides is 4. The third-order valence-electron chi connectivity index (χ3n) is 6.05. The van der Waals surface area contributed by atoms with Gasteiger partial charge in [0.1, 0.15) is 17.8 Å². The number of nitrogens with zero attached hydrogens (tertiary/aromatic N) is 2. The van der Waals surface area contributed by atoms with E-state index in [-0.39, 0.29) is 24.5 Å². The van der Waals surface area contributed by atoms with Crippen molar-refractivity contribution in [3.63, 3.8) is 0 Å². The van der Waals surface area contributed by atoms with Crippen molar-refractivity contribution in [2.75, 3.05) is 13.7 Å². The van der Waals surface area contributed by atoms with E-state index in [4.69, 9.17) is 4.74 Å². The number of nitrogens with one attached hydrogen (secondary N) is 1. The van der Waals surface area contributed by atoms with Crippen molar-refractivity contribution in [1.29, 1.82) is 0 Å². The molecule has 0 aromatic heterocycles. The maximum atomic E-state index is 13.1. The molecule has 0 bridgehead atoms. The second-order valence-corrected chi connectivity index (χ2v) is 8.36. The monoisotopic (exact) mass is 401 g/mol. The summed E-state index contributed by atoms with van der Waals surface area (Å²) < 4.78 is 5.16. The average molecular weight is 402 g/mol. The maximum absolute atomic E-state index is 13.1. The Balaban J connectivity index is 1.77. The van der Waals surface area contributed by atoms with Crippen LogP contribution in [-0.4, -0.2) is 53.4 Å². The summed E-state index contributed by atoms with van der Waals surface area (Å²) in [6.45, 7) is 5.41. The highest BCUT2D eigenvalue weighted by atomic mass is 16.5. The number of benzene rings is 1. The Bertz CT molecular complexity index is 771. The molecule has 1 aliphatic carbocycles. The van der Waals surface area contributed by atoms with Crippen LogP contribution in [0.4, 0.5) is 4.79 Å². The number of rotatable bonds is 6. The maximum Gasteiger partial charge on any atom is 0.325 e. The van der Waals surface area contributed by atoms with E-state index in [0.29, 0.717) is 11.3 Å². The Morgan fingerprint density at radius 3 is 2.38 bits per heavy atom. The zero-order chi connectivity index (χ0) is 21.2. The lowest BCUT2D eigenvalue weighted by molar-refractivity contribution is -0.142. The molecule has 29 heavy (non-hydrogen) atoms. The minimum Gasteiger partial charge on any atom is -0.497 e. The van der Waals surface area contributed by atoms with Crippen LogP contribution in [0.2, 0.25) is 0 Å². The van der Waals surface area contributed by atoms with Crippen LogP contribution in [0, 0.1) is 0 Å². The number of hydrogen-bond donors (Lipinski definition) is 1. The van der Waals surface area contributed by atoms with E-state index >= 15 is 0 Å². The van der Waals surface area contributed by atoms with Gasteiger partial charge in [0.2, 0.25) is 5.91 Å². The van der Waals surface area contributed by atoms with Crippen molar-refractivity contribution < 1.29 is 19.1 Å². The molecule has 1 atom stereocenters. The van der Waals surface area contributed by atoms with Gasteiger partial charge in [-0.05, 0) is 51.3 Å². The molecule has 1 heterocycles. The molecule has 158 valence electrons. The van der Waals surface area contributed by atoms with Gasteiger partial charge < -0.3 is 15.0 Å². The lowest BCUT2D eigenvalue weighted by Gasteiger charge is -2.38. The van der Waals surface area contributed by atoms with Gasteiger partial charge in [0.05, 0.1) is 7.11 Å². The molecular formula is C22H31N3O4. The predicted octanol–water partition coefficient (Wildman–Crippen LogP) is 3.03. The number of methoxy groups -OCH3 is 1. The molecule has 2 fully saturated rings. The van der Waals surface area contributed by atoms with Gasteiger partial charge in [-0.25, -0.2) is 4.79 Å². The van der Waals surface area contributed by atoms with Crippen molar-refractivity contribution in [3.8, 4) is 5.75 Å². The molecule has 1 aromatic rings. The van der Waals surface area contributed by atoms with Gasteiger partial charge in [-0.1, -0.05) is 31.4 Å². The van der Waals surface area contributed by atoms with E-state index < -0.39 is 17.5 Å². The van der Waals surface area contributed by atoms with Crippen LogP contribution in [0.5, 0.6) is 5.75 Å². The van der Waals surface area contributed by atoms with Crippen molar-refractivity contribution in [3.05, 3.63) is 29.8 Å². The number of imide groups is 1. The molecule has 4 amide bonds. The standard InChI is InChI=1S/C22H31N3O4/c1-15(2)25(17-8-6-5-7-9-17)19(26)14-24-20(27)22(3,23-21(24)28)16-10-12-18(29-4)13-11-16/h10-13,15,17H,5-9,14H2,1-4H3,(H,23,28)/t22-/m0/s1. The minimum atomic E-state index is -1.20. The number of ether oxygens (including phenoxy) is 1. The Morgan fingerprint density at radius 2 is 1.83 bits per heavy atom. The minimum absolute atomic E-state index is 0.0272. The summed E-state index contributed by atoms with van der Waals surface area (Å²) in [5.41, 5.74) is -0.545. The molecule has 1 saturated carbocycles. The quantitative estimate of drug-likeness (QED) is 0.743. The Kier molecular flexibility index (Phi) is 6.15. The van der Waals surface area contributed by atoms with Crippen molar-refractivity contribution in [2.24, 2.45) is 0 Å². The fraction of sp³-hybridized carbons (Fsp3) is 0.591. The van der Waals surface area contributed by atoms with E-state index in [9.17, 15) is 14.4 Å². The van der Waals surface area contributed by atoms with Crippen LogP contribution in [0.1, 0.15) is 58.4 Å². The van der Waals surface area contributed by atoms with Crippen LogP contribution in [-0.2, 0) is 15.1 Å². The van der Waals surface area contributed by atoms with Gasteiger partial charge in [-0.3, -0.25) is 14.5 Å². The highest BCUT2D eigenvalue weighted by Crippen LogP contribution is 2.31.